The van der Waals surface area contributed by atoms with Gasteiger partial charge in [-0.25, -0.2) is 4.79 Å². The van der Waals surface area contributed by atoms with Gasteiger partial charge in [-0.2, -0.15) is 0 Å². The van der Waals surface area contributed by atoms with Crippen LogP contribution in [0.5, 0.6) is 0 Å². The van der Waals surface area contributed by atoms with E-state index in [1.807, 2.05) is 32.9 Å². The van der Waals surface area contributed by atoms with E-state index in [0.29, 0.717) is 18.1 Å². The number of nitrogens with one attached hydrogen (secondary N) is 1. The zero-order valence-electron chi connectivity index (χ0n) is 14.1. The standard InChI is InChI=1S/C17H22BrClN2O3/c1-17(2,3)24-16(23)21-7-6-12(10-21)20-15(22)9-11-4-5-13(18)14(19)8-11/h4-5,8,12H,6-7,9-10H2,1-3H3,(H,20,22). The van der Waals surface area contributed by atoms with Crippen molar-refractivity contribution < 1.29 is 14.3 Å². The van der Waals surface area contributed by atoms with Crippen molar-refractivity contribution in [2.24, 2.45) is 0 Å². The Morgan fingerprint density at radius 1 is 1.42 bits per heavy atom. The molecule has 132 valence electrons. The molecule has 1 atom stereocenters. The molecule has 0 aliphatic carbocycles. The molecule has 1 N–H and O–H groups in total. The van der Waals surface area contributed by atoms with E-state index < -0.39 is 5.60 Å². The number of rotatable bonds is 3. The lowest BCUT2D eigenvalue weighted by atomic mass is 10.1. The maximum atomic E-state index is 12.2. The smallest absolute Gasteiger partial charge is 0.410 e. The molecule has 0 bridgehead atoms. The number of ether oxygens (including phenoxy) is 1. The second-order valence-corrected chi connectivity index (χ2v) is 8.17. The second kappa shape index (κ2) is 7.74. The molecule has 24 heavy (non-hydrogen) atoms. The molecule has 1 aliphatic rings. The second-order valence-electron chi connectivity index (χ2n) is 6.90. The van der Waals surface area contributed by atoms with Crippen molar-refractivity contribution in [1.82, 2.24) is 10.2 Å². The molecule has 0 spiro atoms. The van der Waals surface area contributed by atoms with Gasteiger partial charge >= 0.3 is 6.09 Å². The molecular formula is C17H22BrClN2O3. The van der Waals surface area contributed by atoms with Gasteiger partial charge in [-0.1, -0.05) is 17.7 Å². The quantitative estimate of drug-likeness (QED) is 0.814. The number of hydrogen-bond acceptors (Lipinski definition) is 3. The predicted molar refractivity (Wildman–Crippen MR) is 97.2 cm³/mol. The number of hydrogen-bond donors (Lipinski definition) is 1. The minimum atomic E-state index is -0.515. The highest BCUT2D eigenvalue weighted by atomic mass is 79.9. The van der Waals surface area contributed by atoms with Crippen molar-refractivity contribution in [3.63, 3.8) is 0 Å². The van der Waals surface area contributed by atoms with Gasteiger partial charge in [0.25, 0.3) is 0 Å². The Balaban J connectivity index is 1.83. The molecule has 0 radical (unpaired) electrons. The van der Waals surface area contributed by atoms with E-state index in [4.69, 9.17) is 16.3 Å². The molecule has 5 nitrogen and oxygen atoms in total. The molecule has 1 unspecified atom stereocenters. The van der Waals surface area contributed by atoms with Crippen molar-refractivity contribution in [3.8, 4) is 0 Å². The molecule has 7 heteroatoms. The molecule has 1 aliphatic heterocycles. The fraction of sp³-hybridized carbons (Fsp3) is 0.529. The van der Waals surface area contributed by atoms with Gasteiger partial charge in [0.1, 0.15) is 5.60 Å². The van der Waals surface area contributed by atoms with Crippen LogP contribution in [0.3, 0.4) is 0 Å². The Morgan fingerprint density at radius 3 is 2.75 bits per heavy atom. The molecule has 0 aromatic heterocycles. The number of carbonyl (C=O) groups excluding carboxylic acids is 2. The highest BCUT2D eigenvalue weighted by molar-refractivity contribution is 9.10. The monoisotopic (exact) mass is 416 g/mol. The van der Waals surface area contributed by atoms with Crippen LogP contribution in [0.15, 0.2) is 22.7 Å². The number of likely N-dealkylation sites (tertiary alicyclic amines) is 1. The fourth-order valence-electron chi connectivity index (χ4n) is 2.48. The number of nitrogens with zero attached hydrogens (tertiary/aromatic N) is 1. The van der Waals surface area contributed by atoms with E-state index in [-0.39, 0.29) is 24.5 Å². The van der Waals surface area contributed by atoms with Crippen LogP contribution in [0, 0.1) is 0 Å². The van der Waals surface area contributed by atoms with E-state index in [2.05, 4.69) is 21.2 Å². The molecule has 1 saturated heterocycles. The summed E-state index contributed by atoms with van der Waals surface area (Å²) in [6, 6.07) is 5.41. The molecule has 1 aromatic rings. The number of carbonyl (C=O) groups is 2. The minimum absolute atomic E-state index is 0.0454. The van der Waals surface area contributed by atoms with Gasteiger partial charge in [-0.05, 0) is 60.8 Å². The third kappa shape index (κ3) is 5.67. The van der Waals surface area contributed by atoms with Gasteiger partial charge in [0.05, 0.1) is 11.4 Å². The fourth-order valence-corrected chi connectivity index (χ4v) is 2.93. The van der Waals surface area contributed by atoms with Crippen LogP contribution in [0.2, 0.25) is 5.02 Å². The molecular weight excluding hydrogens is 396 g/mol. The van der Waals surface area contributed by atoms with E-state index in [1.54, 1.807) is 11.0 Å². The average molecular weight is 418 g/mol. The maximum absolute atomic E-state index is 12.2. The Bertz CT molecular complexity index is 631. The average Bonchev–Trinajstić information content (AvgIpc) is 2.89. The maximum Gasteiger partial charge on any atom is 0.410 e. The molecule has 2 amide bonds. The van der Waals surface area contributed by atoms with Gasteiger partial charge in [0, 0.05) is 23.6 Å². The van der Waals surface area contributed by atoms with Gasteiger partial charge in [-0.15, -0.1) is 0 Å². The van der Waals surface area contributed by atoms with Crippen molar-refractivity contribution >= 4 is 39.5 Å². The summed E-state index contributed by atoms with van der Waals surface area (Å²) >= 11 is 9.36. The lowest BCUT2D eigenvalue weighted by Crippen LogP contribution is -2.40. The molecule has 1 heterocycles. The molecule has 1 fully saturated rings. The lowest BCUT2D eigenvalue weighted by molar-refractivity contribution is -0.121. The Labute approximate surface area is 155 Å². The third-order valence-corrected chi connectivity index (χ3v) is 4.79. The van der Waals surface area contributed by atoms with Crippen LogP contribution in [0.4, 0.5) is 4.79 Å². The molecule has 1 aromatic carbocycles. The summed E-state index contributed by atoms with van der Waals surface area (Å²) in [5, 5.41) is 3.55. The van der Waals surface area contributed by atoms with E-state index in [1.165, 1.54) is 0 Å². The highest BCUT2D eigenvalue weighted by Crippen LogP contribution is 2.23. The Hall–Kier alpha value is -1.27. The van der Waals surface area contributed by atoms with Gasteiger partial charge in [-0.3, -0.25) is 4.79 Å². The van der Waals surface area contributed by atoms with E-state index in [0.717, 1.165) is 16.5 Å². The van der Waals surface area contributed by atoms with Crippen LogP contribution < -0.4 is 5.32 Å². The lowest BCUT2D eigenvalue weighted by Gasteiger charge is -2.24. The first-order chi connectivity index (χ1) is 11.1. The van der Waals surface area contributed by atoms with Crippen LogP contribution in [-0.4, -0.2) is 41.6 Å². The van der Waals surface area contributed by atoms with Gasteiger partial charge < -0.3 is 15.0 Å². The van der Waals surface area contributed by atoms with Crippen molar-refractivity contribution in [2.75, 3.05) is 13.1 Å². The molecule has 0 saturated carbocycles. The summed E-state index contributed by atoms with van der Waals surface area (Å²) in [4.78, 5) is 25.8. The third-order valence-electron chi connectivity index (χ3n) is 3.55. The summed E-state index contributed by atoms with van der Waals surface area (Å²) in [5.74, 6) is -0.0792. The van der Waals surface area contributed by atoms with Crippen molar-refractivity contribution in [2.45, 2.75) is 45.3 Å². The first-order valence-corrected chi connectivity index (χ1v) is 9.02. The number of halogens is 2. The van der Waals surface area contributed by atoms with Crippen LogP contribution in [0.1, 0.15) is 32.8 Å². The zero-order chi connectivity index (χ0) is 17.9. The van der Waals surface area contributed by atoms with Crippen molar-refractivity contribution in [1.29, 1.82) is 0 Å². The summed E-state index contributed by atoms with van der Waals surface area (Å²) in [6.07, 6.45) is 0.654. The summed E-state index contributed by atoms with van der Waals surface area (Å²) < 4.78 is 6.15. The van der Waals surface area contributed by atoms with Crippen molar-refractivity contribution in [3.05, 3.63) is 33.3 Å². The Kier molecular flexibility index (Phi) is 6.15. The van der Waals surface area contributed by atoms with E-state index >= 15 is 0 Å². The molecule has 2 rings (SSSR count). The largest absolute Gasteiger partial charge is 0.444 e. The minimum Gasteiger partial charge on any atom is -0.444 e. The summed E-state index contributed by atoms with van der Waals surface area (Å²) in [6.45, 7) is 6.57. The van der Waals surface area contributed by atoms with Crippen LogP contribution >= 0.6 is 27.5 Å². The topological polar surface area (TPSA) is 58.6 Å². The zero-order valence-corrected chi connectivity index (χ0v) is 16.4. The normalized spacial score (nSPS) is 17.7. The predicted octanol–water partition coefficient (Wildman–Crippen LogP) is 3.77. The SMILES string of the molecule is CC(C)(C)OC(=O)N1CCC(NC(=O)Cc2ccc(Br)c(Cl)c2)C1. The Morgan fingerprint density at radius 2 is 2.12 bits per heavy atom. The van der Waals surface area contributed by atoms with Crippen LogP contribution in [0.25, 0.3) is 0 Å². The highest BCUT2D eigenvalue weighted by Gasteiger charge is 2.30. The number of amides is 2. The van der Waals surface area contributed by atoms with Crippen LogP contribution in [-0.2, 0) is 16.0 Å². The first-order valence-electron chi connectivity index (χ1n) is 7.85. The number of benzene rings is 1. The van der Waals surface area contributed by atoms with Gasteiger partial charge in [0.2, 0.25) is 5.91 Å². The van der Waals surface area contributed by atoms with E-state index in [9.17, 15) is 9.59 Å². The first kappa shape index (κ1) is 19.1. The summed E-state index contributed by atoms with van der Waals surface area (Å²) in [5.41, 5.74) is 0.335. The summed E-state index contributed by atoms with van der Waals surface area (Å²) in [7, 11) is 0. The van der Waals surface area contributed by atoms with Gasteiger partial charge in [0.15, 0.2) is 0 Å².